The highest BCUT2D eigenvalue weighted by Crippen LogP contribution is 2.18. The fourth-order valence-electron chi connectivity index (χ4n) is 2.65. The second-order valence-electron chi connectivity index (χ2n) is 6.59. The Bertz CT molecular complexity index is 1060. The standard InChI is InChI=1S/C21H22N4O3S/c1-13-4-5-14(2)17(10-13)22-19(26)12-29-21-23-20(27)18(24-25-21)11-15-6-8-16(28-3)9-7-15/h4-10H,11-12H2,1-3H3,(H,22,26)(H,23,25,27). The van der Waals surface area contributed by atoms with E-state index in [2.05, 4.69) is 20.5 Å². The molecule has 2 N–H and O–H groups in total. The van der Waals surface area contributed by atoms with Crippen LogP contribution < -0.4 is 15.6 Å². The Labute approximate surface area is 172 Å². The molecule has 0 unspecified atom stereocenters. The predicted octanol–water partition coefficient (Wildman–Crippen LogP) is 3.11. The van der Waals surface area contributed by atoms with Crippen LogP contribution in [0.4, 0.5) is 5.69 Å². The lowest BCUT2D eigenvalue weighted by Crippen LogP contribution is -2.19. The maximum Gasteiger partial charge on any atom is 0.273 e. The molecule has 0 aliphatic carbocycles. The first kappa shape index (κ1) is 20.6. The summed E-state index contributed by atoms with van der Waals surface area (Å²) in [6.45, 7) is 3.91. The van der Waals surface area contributed by atoms with E-state index >= 15 is 0 Å². The maximum atomic E-state index is 12.3. The van der Waals surface area contributed by atoms with Gasteiger partial charge in [0.1, 0.15) is 11.4 Å². The third-order valence-corrected chi connectivity index (χ3v) is 5.15. The number of amides is 1. The van der Waals surface area contributed by atoms with Crippen LogP contribution in [0.15, 0.2) is 52.4 Å². The molecule has 3 aromatic rings. The van der Waals surface area contributed by atoms with E-state index in [-0.39, 0.29) is 17.2 Å². The third kappa shape index (κ3) is 5.68. The number of thioether (sulfide) groups is 1. The van der Waals surface area contributed by atoms with Crippen LogP contribution in [0.5, 0.6) is 5.75 Å². The number of hydrogen-bond acceptors (Lipinski definition) is 6. The van der Waals surface area contributed by atoms with Crippen LogP contribution in [-0.2, 0) is 11.2 Å². The van der Waals surface area contributed by atoms with Crippen molar-refractivity contribution in [3.05, 3.63) is 75.2 Å². The summed E-state index contributed by atoms with van der Waals surface area (Å²) in [6.07, 6.45) is 0.365. The molecule has 0 atom stereocenters. The molecule has 2 aromatic carbocycles. The monoisotopic (exact) mass is 410 g/mol. The fourth-order valence-corrected chi connectivity index (χ4v) is 3.26. The van der Waals surface area contributed by atoms with Crippen molar-refractivity contribution in [1.82, 2.24) is 15.2 Å². The van der Waals surface area contributed by atoms with Gasteiger partial charge < -0.3 is 10.1 Å². The van der Waals surface area contributed by atoms with Crippen molar-refractivity contribution in [3.63, 3.8) is 0 Å². The number of H-pyrrole nitrogens is 1. The van der Waals surface area contributed by atoms with Gasteiger partial charge in [0.05, 0.1) is 12.9 Å². The number of methoxy groups -OCH3 is 1. The highest BCUT2D eigenvalue weighted by molar-refractivity contribution is 7.99. The molecule has 0 aliphatic rings. The molecule has 150 valence electrons. The van der Waals surface area contributed by atoms with Gasteiger partial charge in [-0.1, -0.05) is 36.0 Å². The molecule has 0 saturated heterocycles. The number of ether oxygens (including phenoxy) is 1. The molecule has 3 rings (SSSR count). The molecule has 0 aliphatic heterocycles. The molecule has 7 nitrogen and oxygen atoms in total. The van der Waals surface area contributed by atoms with Gasteiger partial charge in [-0.15, -0.1) is 10.2 Å². The number of aromatic nitrogens is 3. The summed E-state index contributed by atoms with van der Waals surface area (Å²) in [5.41, 5.74) is 3.78. The van der Waals surface area contributed by atoms with Gasteiger partial charge in [-0.05, 0) is 48.7 Å². The third-order valence-electron chi connectivity index (χ3n) is 4.28. The molecular weight excluding hydrogens is 388 g/mol. The number of aryl methyl sites for hydroxylation is 2. The molecule has 1 heterocycles. The molecule has 0 spiro atoms. The first-order valence-corrected chi connectivity index (χ1v) is 10.0. The van der Waals surface area contributed by atoms with Crippen LogP contribution in [0.1, 0.15) is 22.4 Å². The Morgan fingerprint density at radius 1 is 1.14 bits per heavy atom. The smallest absolute Gasteiger partial charge is 0.273 e. The molecule has 0 fully saturated rings. The SMILES string of the molecule is COc1ccc(Cc2nnc(SCC(=O)Nc3cc(C)ccc3C)[nH]c2=O)cc1. The summed E-state index contributed by atoms with van der Waals surface area (Å²) in [7, 11) is 1.60. The Kier molecular flexibility index (Phi) is 6.66. The number of carbonyl (C=O) groups excluding carboxylic acids is 1. The van der Waals surface area contributed by atoms with Gasteiger partial charge in [0.15, 0.2) is 5.16 Å². The number of hydrogen-bond donors (Lipinski definition) is 2. The Hall–Kier alpha value is -3.13. The second kappa shape index (κ2) is 9.38. The van der Waals surface area contributed by atoms with Crippen molar-refractivity contribution in [2.24, 2.45) is 0 Å². The van der Waals surface area contributed by atoms with Crippen molar-refractivity contribution in [1.29, 1.82) is 0 Å². The molecule has 0 bridgehead atoms. The van der Waals surface area contributed by atoms with Crippen LogP contribution in [0.2, 0.25) is 0 Å². The van der Waals surface area contributed by atoms with Gasteiger partial charge in [-0.2, -0.15) is 0 Å². The average molecular weight is 410 g/mol. The van der Waals surface area contributed by atoms with E-state index in [9.17, 15) is 9.59 Å². The number of anilines is 1. The zero-order valence-electron chi connectivity index (χ0n) is 16.5. The van der Waals surface area contributed by atoms with Crippen molar-refractivity contribution in [3.8, 4) is 5.75 Å². The minimum atomic E-state index is -0.312. The van der Waals surface area contributed by atoms with E-state index in [0.29, 0.717) is 17.3 Å². The minimum absolute atomic E-state index is 0.121. The molecule has 0 saturated carbocycles. The van der Waals surface area contributed by atoms with Crippen molar-refractivity contribution >= 4 is 23.4 Å². The first-order valence-electron chi connectivity index (χ1n) is 9.03. The van der Waals surface area contributed by atoms with E-state index in [1.165, 1.54) is 0 Å². The van der Waals surface area contributed by atoms with Gasteiger partial charge in [-0.25, -0.2) is 0 Å². The summed E-state index contributed by atoms with van der Waals surface area (Å²) < 4.78 is 5.12. The Morgan fingerprint density at radius 2 is 1.90 bits per heavy atom. The lowest BCUT2D eigenvalue weighted by atomic mass is 10.1. The molecule has 1 aromatic heterocycles. The lowest BCUT2D eigenvalue weighted by molar-refractivity contribution is -0.113. The average Bonchev–Trinajstić information content (AvgIpc) is 2.71. The van der Waals surface area contributed by atoms with E-state index in [0.717, 1.165) is 39.9 Å². The summed E-state index contributed by atoms with van der Waals surface area (Å²) >= 11 is 1.13. The van der Waals surface area contributed by atoms with Crippen molar-refractivity contribution < 1.29 is 9.53 Å². The number of benzene rings is 2. The number of nitrogens with zero attached hydrogens (tertiary/aromatic N) is 2. The van der Waals surface area contributed by atoms with Gasteiger partial charge in [0.2, 0.25) is 5.91 Å². The first-order chi connectivity index (χ1) is 13.9. The maximum absolute atomic E-state index is 12.3. The second-order valence-corrected chi connectivity index (χ2v) is 7.55. The quantitative estimate of drug-likeness (QED) is 0.581. The summed E-state index contributed by atoms with van der Waals surface area (Å²) in [6, 6.07) is 13.3. The van der Waals surface area contributed by atoms with Crippen LogP contribution in [0.25, 0.3) is 0 Å². The van der Waals surface area contributed by atoms with Crippen LogP contribution >= 0.6 is 11.8 Å². The van der Waals surface area contributed by atoms with Gasteiger partial charge >= 0.3 is 0 Å². The Balaban J connectivity index is 1.59. The van der Waals surface area contributed by atoms with Gasteiger partial charge in [0, 0.05) is 12.1 Å². The summed E-state index contributed by atoms with van der Waals surface area (Å²) in [4.78, 5) is 27.2. The van der Waals surface area contributed by atoms with Crippen molar-refractivity contribution in [2.75, 3.05) is 18.2 Å². The minimum Gasteiger partial charge on any atom is -0.497 e. The number of nitrogens with one attached hydrogen (secondary N) is 2. The summed E-state index contributed by atoms with van der Waals surface area (Å²) in [5.74, 6) is 0.698. The lowest BCUT2D eigenvalue weighted by Gasteiger charge is -2.09. The van der Waals surface area contributed by atoms with E-state index in [4.69, 9.17) is 4.74 Å². The van der Waals surface area contributed by atoms with Gasteiger partial charge in [0.25, 0.3) is 5.56 Å². The zero-order chi connectivity index (χ0) is 20.8. The van der Waals surface area contributed by atoms with Gasteiger partial charge in [-0.3, -0.25) is 14.6 Å². The number of carbonyl (C=O) groups is 1. The molecule has 29 heavy (non-hydrogen) atoms. The van der Waals surface area contributed by atoms with E-state index < -0.39 is 0 Å². The fraction of sp³-hybridized carbons (Fsp3) is 0.238. The largest absolute Gasteiger partial charge is 0.497 e. The number of rotatable bonds is 7. The predicted molar refractivity (Wildman–Crippen MR) is 114 cm³/mol. The van der Waals surface area contributed by atoms with E-state index in [1.807, 2.05) is 56.3 Å². The highest BCUT2D eigenvalue weighted by atomic mass is 32.2. The number of aromatic amines is 1. The molecular formula is C21H22N4O3S. The highest BCUT2D eigenvalue weighted by Gasteiger charge is 2.10. The van der Waals surface area contributed by atoms with Crippen molar-refractivity contribution in [2.45, 2.75) is 25.4 Å². The topological polar surface area (TPSA) is 97.0 Å². The van der Waals surface area contributed by atoms with Crippen LogP contribution in [0.3, 0.4) is 0 Å². The Morgan fingerprint density at radius 3 is 2.59 bits per heavy atom. The molecule has 8 heteroatoms. The van der Waals surface area contributed by atoms with Crippen LogP contribution in [0, 0.1) is 13.8 Å². The molecule has 0 radical (unpaired) electrons. The zero-order valence-corrected chi connectivity index (χ0v) is 17.3. The van der Waals surface area contributed by atoms with Crippen LogP contribution in [-0.4, -0.2) is 34.0 Å². The summed E-state index contributed by atoms with van der Waals surface area (Å²) in [5, 5.41) is 11.2. The van der Waals surface area contributed by atoms with E-state index in [1.54, 1.807) is 7.11 Å². The molecule has 1 amide bonds. The normalized spacial score (nSPS) is 10.6.